The van der Waals surface area contributed by atoms with Crippen LogP contribution in [0, 0.1) is 19.7 Å². The minimum Gasteiger partial charge on any atom is -0.424 e. The number of halogens is 1. The molecule has 4 rings (SSSR count). The molecule has 2 heterocycles. The molecule has 2 amide bonds. The number of nitrogens with zero attached hydrogens (tertiary/aromatic N) is 2. The first-order valence-electron chi connectivity index (χ1n) is 9.93. The lowest BCUT2D eigenvalue weighted by Gasteiger charge is -2.10. The van der Waals surface area contributed by atoms with Gasteiger partial charge in [-0.15, -0.1) is 11.3 Å². The molecule has 0 bridgehead atoms. The van der Waals surface area contributed by atoms with Gasteiger partial charge in [-0.2, -0.15) is 0 Å². The minimum atomic E-state index is -0.492. The molecule has 7 nitrogen and oxygen atoms in total. The number of rotatable bonds is 6. The largest absolute Gasteiger partial charge is 0.424 e. The highest BCUT2D eigenvalue weighted by atomic mass is 32.1. The normalized spacial score (nSPS) is 10.5. The van der Waals surface area contributed by atoms with Crippen LogP contribution in [-0.4, -0.2) is 21.8 Å². The van der Waals surface area contributed by atoms with Crippen molar-refractivity contribution < 1.29 is 18.7 Å². The summed E-state index contributed by atoms with van der Waals surface area (Å²) in [5.74, 6) is -0.692. The van der Waals surface area contributed by atoms with Crippen molar-refractivity contribution in [2.24, 2.45) is 0 Å². The van der Waals surface area contributed by atoms with E-state index in [1.54, 1.807) is 49.6 Å². The quantitative estimate of drug-likeness (QED) is 0.390. The number of hydrogen-bond donors (Lipinski definition) is 2. The fraction of sp³-hybridized carbons (Fsp3) is 0.0833. The van der Waals surface area contributed by atoms with Crippen LogP contribution in [0.5, 0.6) is 11.8 Å². The van der Waals surface area contributed by atoms with Gasteiger partial charge in [0.2, 0.25) is 0 Å². The number of ether oxygens (including phenoxy) is 1. The molecule has 0 fully saturated rings. The lowest BCUT2D eigenvalue weighted by atomic mass is 10.2. The van der Waals surface area contributed by atoms with Gasteiger partial charge in [0.15, 0.2) is 0 Å². The average Bonchev–Trinajstić information content (AvgIpc) is 3.16. The van der Waals surface area contributed by atoms with Crippen LogP contribution in [0.3, 0.4) is 0 Å². The number of amides is 2. The van der Waals surface area contributed by atoms with Crippen LogP contribution in [0.25, 0.3) is 0 Å². The van der Waals surface area contributed by atoms with Crippen molar-refractivity contribution in [2.45, 2.75) is 13.8 Å². The van der Waals surface area contributed by atoms with Crippen LogP contribution < -0.4 is 15.4 Å². The number of carbonyl (C=O) groups is 2. The van der Waals surface area contributed by atoms with Gasteiger partial charge < -0.3 is 15.4 Å². The van der Waals surface area contributed by atoms with Gasteiger partial charge in [-0.1, -0.05) is 6.07 Å². The number of thiophene rings is 1. The summed E-state index contributed by atoms with van der Waals surface area (Å²) < 4.78 is 19.0. The zero-order chi connectivity index (χ0) is 23.4. The van der Waals surface area contributed by atoms with E-state index in [1.165, 1.54) is 18.2 Å². The van der Waals surface area contributed by atoms with Crippen LogP contribution in [0.1, 0.15) is 31.2 Å². The molecule has 0 aliphatic rings. The summed E-state index contributed by atoms with van der Waals surface area (Å²) >= 11 is 1.15. The summed E-state index contributed by atoms with van der Waals surface area (Å²) in [5, 5.41) is 6.09. The summed E-state index contributed by atoms with van der Waals surface area (Å²) in [7, 11) is 0. The highest BCUT2D eigenvalue weighted by Gasteiger charge is 2.17. The zero-order valence-corrected chi connectivity index (χ0v) is 18.6. The lowest BCUT2D eigenvalue weighted by molar-refractivity contribution is 0.101. The molecule has 0 radical (unpaired) electrons. The summed E-state index contributed by atoms with van der Waals surface area (Å²) in [6.07, 6.45) is 3.17. The monoisotopic (exact) mass is 462 g/mol. The van der Waals surface area contributed by atoms with Gasteiger partial charge in [-0.05, 0) is 73.5 Å². The van der Waals surface area contributed by atoms with Crippen LogP contribution in [0.15, 0.2) is 67.0 Å². The van der Waals surface area contributed by atoms with E-state index in [0.717, 1.165) is 23.0 Å². The van der Waals surface area contributed by atoms with Crippen LogP contribution in [-0.2, 0) is 0 Å². The third kappa shape index (κ3) is 5.39. The molecular formula is C24H19FN4O3S. The maximum atomic E-state index is 13.4. The third-order valence-electron chi connectivity index (χ3n) is 4.64. The first-order chi connectivity index (χ1) is 15.9. The van der Waals surface area contributed by atoms with Crippen molar-refractivity contribution in [2.75, 3.05) is 10.6 Å². The molecule has 2 aromatic carbocycles. The fourth-order valence-corrected chi connectivity index (χ4v) is 4.01. The molecule has 0 saturated heterocycles. The Balaban J connectivity index is 1.44. The maximum absolute atomic E-state index is 13.4. The number of nitrogens with one attached hydrogen (secondary N) is 2. The van der Waals surface area contributed by atoms with Crippen molar-refractivity contribution >= 4 is 33.8 Å². The summed E-state index contributed by atoms with van der Waals surface area (Å²) in [6, 6.07) is 14.3. The molecule has 33 heavy (non-hydrogen) atoms. The van der Waals surface area contributed by atoms with Crippen LogP contribution in [0.4, 0.5) is 15.1 Å². The Labute approximate surface area is 193 Å². The molecule has 0 aliphatic carbocycles. The third-order valence-corrected chi connectivity index (χ3v) is 5.80. The van der Waals surface area contributed by atoms with Gasteiger partial charge in [-0.3, -0.25) is 9.59 Å². The Kier molecular flexibility index (Phi) is 6.41. The van der Waals surface area contributed by atoms with Gasteiger partial charge in [0.25, 0.3) is 11.8 Å². The fourth-order valence-electron chi connectivity index (χ4n) is 3.05. The average molecular weight is 463 g/mol. The van der Waals surface area contributed by atoms with Gasteiger partial charge in [-0.25, -0.2) is 14.4 Å². The SMILES string of the molecule is Cc1cc(Oc2ncccn2)ccc1NC(=O)c1sc(NC(=O)c2cccc(F)c2)cc1C. The number of hydrogen-bond acceptors (Lipinski definition) is 6. The number of aryl methyl sites for hydroxylation is 2. The number of anilines is 2. The highest BCUT2D eigenvalue weighted by molar-refractivity contribution is 7.18. The Morgan fingerprint density at radius 3 is 2.42 bits per heavy atom. The van der Waals surface area contributed by atoms with Crippen molar-refractivity contribution in [3.8, 4) is 11.8 Å². The summed E-state index contributed by atoms with van der Waals surface area (Å²) in [4.78, 5) is 33.7. The van der Waals surface area contributed by atoms with E-state index in [0.29, 0.717) is 26.9 Å². The molecular weight excluding hydrogens is 443 g/mol. The summed E-state index contributed by atoms with van der Waals surface area (Å²) in [5.41, 5.74) is 2.34. The molecule has 4 aromatic rings. The molecule has 9 heteroatoms. The predicted molar refractivity (Wildman–Crippen MR) is 125 cm³/mol. The topological polar surface area (TPSA) is 93.2 Å². The second-order valence-corrected chi connectivity index (χ2v) is 8.20. The molecule has 0 atom stereocenters. The smallest absolute Gasteiger partial charge is 0.321 e. The van der Waals surface area contributed by atoms with E-state index in [9.17, 15) is 14.0 Å². The second kappa shape index (κ2) is 9.58. The Morgan fingerprint density at radius 1 is 0.909 bits per heavy atom. The van der Waals surface area contributed by atoms with Crippen molar-refractivity contribution in [1.82, 2.24) is 9.97 Å². The Hall–Kier alpha value is -4.11. The van der Waals surface area contributed by atoms with E-state index in [4.69, 9.17) is 4.74 Å². The highest BCUT2D eigenvalue weighted by Crippen LogP contribution is 2.29. The van der Waals surface area contributed by atoms with Gasteiger partial charge >= 0.3 is 6.01 Å². The molecule has 2 N–H and O–H groups in total. The first kappa shape index (κ1) is 22.1. The second-order valence-electron chi connectivity index (χ2n) is 7.15. The molecule has 166 valence electrons. The lowest BCUT2D eigenvalue weighted by Crippen LogP contribution is -2.12. The Bertz CT molecular complexity index is 1320. The zero-order valence-electron chi connectivity index (χ0n) is 17.8. The first-order valence-corrected chi connectivity index (χ1v) is 10.7. The van der Waals surface area contributed by atoms with E-state index < -0.39 is 11.7 Å². The number of carbonyl (C=O) groups excluding carboxylic acids is 2. The van der Waals surface area contributed by atoms with E-state index in [-0.39, 0.29) is 17.5 Å². The number of benzene rings is 2. The molecule has 0 unspecified atom stereocenters. The van der Waals surface area contributed by atoms with E-state index in [1.807, 2.05) is 6.92 Å². The van der Waals surface area contributed by atoms with Gasteiger partial charge in [0.05, 0.1) is 9.88 Å². The standard InChI is InChI=1S/C24H19FN4O3S/c1-14-11-18(32-24-26-9-4-10-27-24)7-8-19(14)28-23(31)21-15(2)12-20(33-21)29-22(30)16-5-3-6-17(25)13-16/h3-13H,1-2H3,(H,28,31)(H,29,30). The van der Waals surface area contributed by atoms with Gasteiger partial charge in [0, 0.05) is 23.6 Å². The predicted octanol–water partition coefficient (Wildman–Crippen LogP) is 5.59. The number of aromatic nitrogens is 2. The van der Waals surface area contributed by atoms with E-state index in [2.05, 4.69) is 20.6 Å². The Morgan fingerprint density at radius 2 is 1.70 bits per heavy atom. The molecule has 2 aromatic heterocycles. The van der Waals surface area contributed by atoms with Crippen LogP contribution >= 0.6 is 11.3 Å². The van der Waals surface area contributed by atoms with Crippen molar-refractivity contribution in [3.63, 3.8) is 0 Å². The molecule has 0 saturated carbocycles. The summed E-state index contributed by atoms with van der Waals surface area (Å²) in [6.45, 7) is 3.63. The molecule has 0 aliphatic heterocycles. The van der Waals surface area contributed by atoms with E-state index >= 15 is 0 Å². The van der Waals surface area contributed by atoms with Crippen molar-refractivity contribution in [1.29, 1.82) is 0 Å². The molecule has 0 spiro atoms. The van der Waals surface area contributed by atoms with Gasteiger partial charge in [0.1, 0.15) is 11.6 Å². The van der Waals surface area contributed by atoms with Crippen LogP contribution in [0.2, 0.25) is 0 Å². The minimum absolute atomic E-state index is 0.200. The maximum Gasteiger partial charge on any atom is 0.321 e. The van der Waals surface area contributed by atoms with Crippen molar-refractivity contribution in [3.05, 3.63) is 94.4 Å².